The zero-order valence-electron chi connectivity index (χ0n) is 15.3. The van der Waals surface area contributed by atoms with E-state index in [9.17, 15) is 14.0 Å². The van der Waals surface area contributed by atoms with Crippen LogP contribution in [0.5, 0.6) is 0 Å². The maximum atomic E-state index is 13.0. The summed E-state index contributed by atoms with van der Waals surface area (Å²) in [6.45, 7) is 4.92. The molecule has 1 aliphatic rings. The molecule has 0 aliphatic carbocycles. The van der Waals surface area contributed by atoms with Gasteiger partial charge in [0.15, 0.2) is 0 Å². The smallest absolute Gasteiger partial charge is 0.226 e. The van der Waals surface area contributed by atoms with Gasteiger partial charge in [0, 0.05) is 50.2 Å². The van der Waals surface area contributed by atoms with Crippen LogP contribution < -0.4 is 10.2 Å². The minimum Gasteiger partial charge on any atom is -0.368 e. The Morgan fingerprint density at radius 3 is 2.52 bits per heavy atom. The number of hydrogen-bond donors (Lipinski definition) is 1. The zero-order valence-corrected chi connectivity index (χ0v) is 16.1. The number of rotatable bonds is 6. The molecule has 1 N–H and O–H groups in total. The van der Waals surface area contributed by atoms with Gasteiger partial charge in [-0.15, -0.1) is 11.3 Å². The SMILES string of the molecule is Cc1nc(CC(=O)NCCC(=O)N2CCN(c3ccc(F)cc3)CC2)cs1. The summed E-state index contributed by atoms with van der Waals surface area (Å²) < 4.78 is 13.0. The molecule has 2 amide bonds. The third kappa shape index (κ3) is 5.50. The minimum absolute atomic E-state index is 0.0403. The number of benzene rings is 1. The van der Waals surface area contributed by atoms with E-state index in [0.29, 0.717) is 39.1 Å². The van der Waals surface area contributed by atoms with Gasteiger partial charge in [0.2, 0.25) is 11.8 Å². The highest BCUT2D eigenvalue weighted by molar-refractivity contribution is 7.09. The van der Waals surface area contributed by atoms with Gasteiger partial charge in [0.1, 0.15) is 5.82 Å². The Kier molecular flexibility index (Phi) is 6.39. The molecule has 1 aromatic heterocycles. The minimum atomic E-state index is -0.250. The first-order chi connectivity index (χ1) is 13.0. The van der Waals surface area contributed by atoms with Gasteiger partial charge in [-0.2, -0.15) is 0 Å². The molecule has 1 aromatic carbocycles. The Morgan fingerprint density at radius 2 is 1.89 bits per heavy atom. The van der Waals surface area contributed by atoms with Gasteiger partial charge in [-0.05, 0) is 31.2 Å². The third-order valence-electron chi connectivity index (χ3n) is 4.49. The van der Waals surface area contributed by atoms with Crippen LogP contribution in [0.25, 0.3) is 0 Å². The molecule has 1 fully saturated rings. The molecule has 0 radical (unpaired) electrons. The van der Waals surface area contributed by atoms with Gasteiger partial charge in [0.05, 0.1) is 17.1 Å². The van der Waals surface area contributed by atoms with E-state index >= 15 is 0 Å². The van der Waals surface area contributed by atoms with Crippen LogP contribution in [0.4, 0.5) is 10.1 Å². The van der Waals surface area contributed by atoms with E-state index in [2.05, 4.69) is 15.2 Å². The second kappa shape index (κ2) is 8.94. The number of hydrogen-bond acceptors (Lipinski definition) is 5. The summed E-state index contributed by atoms with van der Waals surface area (Å²) in [5.41, 5.74) is 1.73. The van der Waals surface area contributed by atoms with Crippen LogP contribution in [-0.2, 0) is 16.0 Å². The molecule has 0 saturated carbocycles. The van der Waals surface area contributed by atoms with Crippen molar-refractivity contribution < 1.29 is 14.0 Å². The highest BCUT2D eigenvalue weighted by Crippen LogP contribution is 2.17. The van der Waals surface area contributed by atoms with Gasteiger partial charge >= 0.3 is 0 Å². The number of carbonyl (C=O) groups is 2. The van der Waals surface area contributed by atoms with Crippen LogP contribution in [0.15, 0.2) is 29.6 Å². The van der Waals surface area contributed by atoms with E-state index < -0.39 is 0 Å². The second-order valence-corrected chi connectivity index (χ2v) is 7.54. The summed E-state index contributed by atoms with van der Waals surface area (Å²) >= 11 is 1.52. The number of anilines is 1. The monoisotopic (exact) mass is 390 g/mol. The molecule has 6 nitrogen and oxygen atoms in total. The number of nitrogens with one attached hydrogen (secondary N) is 1. The van der Waals surface area contributed by atoms with Crippen LogP contribution in [0, 0.1) is 12.7 Å². The fraction of sp³-hybridized carbons (Fsp3) is 0.421. The normalized spacial score (nSPS) is 14.3. The molecule has 0 unspecified atom stereocenters. The van der Waals surface area contributed by atoms with Gasteiger partial charge in [-0.25, -0.2) is 9.37 Å². The Balaban J connectivity index is 1.36. The Bertz CT molecular complexity index is 785. The lowest BCUT2D eigenvalue weighted by molar-refractivity contribution is -0.131. The zero-order chi connectivity index (χ0) is 19.2. The summed E-state index contributed by atoms with van der Waals surface area (Å²) in [4.78, 5) is 32.4. The molecular weight excluding hydrogens is 367 g/mol. The molecule has 0 spiro atoms. The van der Waals surface area contributed by atoms with E-state index in [1.165, 1.54) is 23.5 Å². The lowest BCUT2D eigenvalue weighted by Crippen LogP contribution is -2.49. The van der Waals surface area contributed by atoms with Crippen molar-refractivity contribution in [3.63, 3.8) is 0 Å². The van der Waals surface area contributed by atoms with Crippen molar-refractivity contribution in [3.8, 4) is 0 Å². The molecular formula is C19H23FN4O2S. The summed E-state index contributed by atoms with van der Waals surface area (Å²) in [6, 6.07) is 6.41. The molecule has 0 bridgehead atoms. The van der Waals surface area contributed by atoms with Crippen LogP contribution in [0.3, 0.4) is 0 Å². The van der Waals surface area contributed by atoms with E-state index in [1.54, 1.807) is 12.1 Å². The van der Waals surface area contributed by atoms with E-state index in [-0.39, 0.29) is 24.1 Å². The molecule has 0 atom stereocenters. The summed E-state index contributed by atoms with van der Waals surface area (Å²) in [7, 11) is 0. The maximum absolute atomic E-state index is 13.0. The average Bonchev–Trinajstić information content (AvgIpc) is 3.07. The highest BCUT2D eigenvalue weighted by Gasteiger charge is 2.21. The van der Waals surface area contributed by atoms with Gasteiger partial charge in [-0.3, -0.25) is 9.59 Å². The Labute approximate surface area is 162 Å². The molecule has 2 heterocycles. The number of halogens is 1. The van der Waals surface area contributed by atoms with E-state index in [4.69, 9.17) is 0 Å². The largest absolute Gasteiger partial charge is 0.368 e. The predicted molar refractivity (Wildman–Crippen MR) is 103 cm³/mol. The van der Waals surface area contributed by atoms with Crippen molar-refractivity contribution >= 4 is 28.8 Å². The van der Waals surface area contributed by atoms with Crippen LogP contribution >= 0.6 is 11.3 Å². The Hall–Kier alpha value is -2.48. The molecule has 2 aromatic rings. The van der Waals surface area contributed by atoms with Crippen molar-refractivity contribution in [2.75, 3.05) is 37.6 Å². The van der Waals surface area contributed by atoms with Crippen LogP contribution in [-0.4, -0.2) is 54.4 Å². The fourth-order valence-corrected chi connectivity index (χ4v) is 3.66. The van der Waals surface area contributed by atoms with Gasteiger partial charge < -0.3 is 15.1 Å². The fourth-order valence-electron chi connectivity index (χ4n) is 3.05. The number of piperazine rings is 1. The molecule has 27 heavy (non-hydrogen) atoms. The van der Waals surface area contributed by atoms with Gasteiger partial charge in [-0.1, -0.05) is 0 Å². The second-order valence-electron chi connectivity index (χ2n) is 6.48. The summed E-state index contributed by atoms with van der Waals surface area (Å²) in [5.74, 6) is -0.327. The van der Waals surface area contributed by atoms with Crippen molar-refractivity contribution in [1.82, 2.24) is 15.2 Å². The first-order valence-corrected chi connectivity index (χ1v) is 9.85. The predicted octanol–water partition coefficient (Wildman–Crippen LogP) is 1.99. The number of amides is 2. The number of carbonyl (C=O) groups excluding carboxylic acids is 2. The quantitative estimate of drug-likeness (QED) is 0.819. The Morgan fingerprint density at radius 1 is 1.19 bits per heavy atom. The van der Waals surface area contributed by atoms with Crippen molar-refractivity contribution in [3.05, 3.63) is 46.2 Å². The third-order valence-corrected chi connectivity index (χ3v) is 5.32. The van der Waals surface area contributed by atoms with Crippen molar-refractivity contribution in [1.29, 1.82) is 0 Å². The molecule has 1 aliphatic heterocycles. The topological polar surface area (TPSA) is 65.5 Å². The highest BCUT2D eigenvalue weighted by atomic mass is 32.1. The first-order valence-electron chi connectivity index (χ1n) is 8.97. The molecule has 3 rings (SSSR count). The van der Waals surface area contributed by atoms with Gasteiger partial charge in [0.25, 0.3) is 0 Å². The van der Waals surface area contributed by atoms with Crippen LogP contribution in [0.1, 0.15) is 17.1 Å². The summed E-state index contributed by atoms with van der Waals surface area (Å²) in [5, 5.41) is 5.60. The molecule has 8 heteroatoms. The lowest BCUT2D eigenvalue weighted by Gasteiger charge is -2.36. The number of aromatic nitrogens is 1. The van der Waals surface area contributed by atoms with E-state index in [1.807, 2.05) is 17.2 Å². The summed E-state index contributed by atoms with van der Waals surface area (Å²) in [6.07, 6.45) is 0.535. The standard InChI is InChI=1S/C19H23FN4O2S/c1-14-22-16(13-27-14)12-18(25)21-7-6-19(26)24-10-8-23(9-11-24)17-4-2-15(20)3-5-17/h2-5,13H,6-12H2,1H3,(H,21,25). The molecule has 1 saturated heterocycles. The van der Waals surface area contributed by atoms with Crippen LogP contribution in [0.2, 0.25) is 0 Å². The molecule has 144 valence electrons. The van der Waals surface area contributed by atoms with Crippen molar-refractivity contribution in [2.45, 2.75) is 19.8 Å². The first kappa shape index (κ1) is 19.3. The number of nitrogens with zero attached hydrogens (tertiary/aromatic N) is 3. The van der Waals surface area contributed by atoms with E-state index in [0.717, 1.165) is 16.4 Å². The maximum Gasteiger partial charge on any atom is 0.226 e. The lowest BCUT2D eigenvalue weighted by atomic mass is 10.2. The number of thiazole rings is 1. The average molecular weight is 390 g/mol. The number of aryl methyl sites for hydroxylation is 1. The van der Waals surface area contributed by atoms with Crippen molar-refractivity contribution in [2.24, 2.45) is 0 Å².